The minimum atomic E-state index is 0.0781. The molecular weight excluding hydrogens is 162 g/mol. The van der Waals surface area contributed by atoms with Crippen molar-refractivity contribution in [3.63, 3.8) is 0 Å². The Kier molecular flexibility index (Phi) is 3.53. The zero-order chi connectivity index (χ0) is 9.68. The average Bonchev–Trinajstić information content (AvgIpc) is 2.63. The van der Waals surface area contributed by atoms with Crippen molar-refractivity contribution >= 4 is 10.9 Å². The van der Waals surface area contributed by atoms with E-state index in [1.54, 1.807) is 0 Å². The fourth-order valence-corrected chi connectivity index (χ4v) is 1.22. The third kappa shape index (κ3) is 2.10. The first kappa shape index (κ1) is 9.81. The predicted molar refractivity (Wildman–Crippen MR) is 55.6 cm³/mol. The van der Waals surface area contributed by atoms with Gasteiger partial charge in [-0.1, -0.05) is 32.0 Å². The molecule has 2 aromatic rings. The van der Waals surface area contributed by atoms with Crippen LogP contribution in [-0.2, 0) is 6.61 Å². The number of H-pyrrole nitrogens is 1. The van der Waals surface area contributed by atoms with E-state index in [9.17, 15) is 0 Å². The number of benzene rings is 1. The molecule has 2 heteroatoms. The number of hydrogen-bond donors (Lipinski definition) is 2. The molecule has 0 bridgehead atoms. The third-order valence-corrected chi connectivity index (χ3v) is 1.76. The van der Waals surface area contributed by atoms with Gasteiger partial charge in [0.1, 0.15) is 0 Å². The Bertz CT molecular complexity index is 332. The lowest BCUT2D eigenvalue weighted by Crippen LogP contribution is -1.78. The fourth-order valence-electron chi connectivity index (χ4n) is 1.22. The highest BCUT2D eigenvalue weighted by Crippen LogP contribution is 2.13. The number of fused-ring (bicyclic) bond motifs is 1. The summed E-state index contributed by atoms with van der Waals surface area (Å²) in [6, 6.07) is 9.92. The molecule has 0 fully saturated rings. The molecule has 0 atom stereocenters. The standard InChI is InChI=1S/C9H9NO.C2H6/c11-6-8-5-7-3-1-2-4-9(7)10-8;1-2/h1-5,10-11H,6H2;1-2H3. The molecule has 0 saturated carbocycles. The van der Waals surface area contributed by atoms with Crippen LogP contribution in [0.1, 0.15) is 19.5 Å². The molecule has 0 radical (unpaired) electrons. The highest BCUT2D eigenvalue weighted by molar-refractivity contribution is 5.80. The minimum absolute atomic E-state index is 0.0781. The van der Waals surface area contributed by atoms with E-state index in [1.165, 1.54) is 0 Å². The second-order valence-corrected chi connectivity index (χ2v) is 2.54. The summed E-state index contributed by atoms with van der Waals surface area (Å²) >= 11 is 0. The second-order valence-electron chi connectivity index (χ2n) is 2.54. The molecule has 13 heavy (non-hydrogen) atoms. The van der Waals surface area contributed by atoms with Crippen LogP contribution in [0.4, 0.5) is 0 Å². The highest BCUT2D eigenvalue weighted by Gasteiger charge is 1.96. The van der Waals surface area contributed by atoms with Gasteiger partial charge in [-0.05, 0) is 17.5 Å². The van der Waals surface area contributed by atoms with Crippen molar-refractivity contribution in [2.24, 2.45) is 0 Å². The molecule has 0 aliphatic rings. The van der Waals surface area contributed by atoms with E-state index < -0.39 is 0 Å². The number of rotatable bonds is 1. The van der Waals surface area contributed by atoms with E-state index in [1.807, 2.05) is 44.2 Å². The fraction of sp³-hybridized carbons (Fsp3) is 0.273. The first-order valence-corrected chi connectivity index (χ1v) is 4.57. The van der Waals surface area contributed by atoms with Crippen molar-refractivity contribution in [2.75, 3.05) is 0 Å². The van der Waals surface area contributed by atoms with Crippen LogP contribution in [0.3, 0.4) is 0 Å². The monoisotopic (exact) mass is 177 g/mol. The summed E-state index contributed by atoms with van der Waals surface area (Å²) < 4.78 is 0. The van der Waals surface area contributed by atoms with Crippen LogP contribution in [0.2, 0.25) is 0 Å². The Balaban J connectivity index is 0.000000396. The van der Waals surface area contributed by atoms with E-state index in [4.69, 9.17) is 5.11 Å². The lowest BCUT2D eigenvalue weighted by Gasteiger charge is -1.84. The molecule has 2 N–H and O–H groups in total. The number of para-hydroxylation sites is 1. The Morgan fingerprint density at radius 2 is 1.92 bits per heavy atom. The molecule has 0 saturated heterocycles. The van der Waals surface area contributed by atoms with Crippen molar-refractivity contribution in [3.8, 4) is 0 Å². The number of aliphatic hydroxyl groups is 1. The lowest BCUT2D eigenvalue weighted by molar-refractivity contribution is 0.278. The molecule has 0 amide bonds. The van der Waals surface area contributed by atoms with Gasteiger partial charge in [-0.2, -0.15) is 0 Å². The van der Waals surface area contributed by atoms with Crippen molar-refractivity contribution in [1.29, 1.82) is 0 Å². The van der Waals surface area contributed by atoms with Gasteiger partial charge in [-0.25, -0.2) is 0 Å². The summed E-state index contributed by atoms with van der Waals surface area (Å²) in [6.45, 7) is 4.08. The van der Waals surface area contributed by atoms with Crippen LogP contribution in [0, 0.1) is 0 Å². The topological polar surface area (TPSA) is 36.0 Å². The van der Waals surface area contributed by atoms with Crippen molar-refractivity contribution in [1.82, 2.24) is 4.98 Å². The van der Waals surface area contributed by atoms with E-state index >= 15 is 0 Å². The molecule has 1 aromatic heterocycles. The first-order chi connectivity index (χ1) is 6.40. The van der Waals surface area contributed by atoms with E-state index in [0.29, 0.717) is 0 Å². The Morgan fingerprint density at radius 3 is 2.54 bits per heavy atom. The summed E-state index contributed by atoms with van der Waals surface area (Å²) in [5.74, 6) is 0. The number of hydrogen-bond acceptors (Lipinski definition) is 1. The van der Waals surface area contributed by atoms with Crippen LogP contribution in [-0.4, -0.2) is 10.1 Å². The smallest absolute Gasteiger partial charge is 0.0831 e. The predicted octanol–water partition coefficient (Wildman–Crippen LogP) is 2.69. The molecule has 0 unspecified atom stereocenters. The molecule has 1 heterocycles. The maximum absolute atomic E-state index is 8.81. The summed E-state index contributed by atoms with van der Waals surface area (Å²) in [7, 11) is 0. The van der Waals surface area contributed by atoms with E-state index in [0.717, 1.165) is 16.6 Å². The van der Waals surface area contributed by atoms with Crippen LogP contribution < -0.4 is 0 Å². The van der Waals surface area contributed by atoms with Gasteiger partial charge < -0.3 is 10.1 Å². The van der Waals surface area contributed by atoms with Crippen LogP contribution in [0.5, 0.6) is 0 Å². The Hall–Kier alpha value is -1.28. The third-order valence-electron chi connectivity index (χ3n) is 1.76. The van der Waals surface area contributed by atoms with E-state index in [2.05, 4.69) is 4.98 Å². The molecule has 0 spiro atoms. The van der Waals surface area contributed by atoms with Crippen LogP contribution in [0.25, 0.3) is 10.9 Å². The van der Waals surface area contributed by atoms with Gasteiger partial charge >= 0.3 is 0 Å². The average molecular weight is 177 g/mol. The van der Waals surface area contributed by atoms with Crippen LogP contribution >= 0.6 is 0 Å². The molecule has 70 valence electrons. The largest absolute Gasteiger partial charge is 0.390 e. The quantitative estimate of drug-likeness (QED) is 0.690. The summed E-state index contributed by atoms with van der Waals surface area (Å²) in [4.78, 5) is 3.10. The maximum Gasteiger partial charge on any atom is 0.0831 e. The highest BCUT2D eigenvalue weighted by atomic mass is 16.3. The first-order valence-electron chi connectivity index (χ1n) is 4.57. The molecule has 2 rings (SSSR count). The van der Waals surface area contributed by atoms with E-state index in [-0.39, 0.29) is 6.61 Å². The summed E-state index contributed by atoms with van der Waals surface area (Å²) in [6.07, 6.45) is 0. The zero-order valence-electron chi connectivity index (χ0n) is 8.04. The molecule has 2 nitrogen and oxygen atoms in total. The number of aromatic amines is 1. The van der Waals surface area contributed by atoms with Gasteiger partial charge in [0.25, 0.3) is 0 Å². The zero-order valence-corrected chi connectivity index (χ0v) is 8.04. The van der Waals surface area contributed by atoms with Crippen LogP contribution in [0.15, 0.2) is 30.3 Å². The summed E-state index contributed by atoms with van der Waals surface area (Å²) in [5, 5.41) is 9.96. The lowest BCUT2D eigenvalue weighted by atomic mass is 10.2. The molecule has 0 aliphatic carbocycles. The van der Waals surface area contributed by atoms with Crippen molar-refractivity contribution < 1.29 is 5.11 Å². The number of aromatic nitrogens is 1. The van der Waals surface area contributed by atoms with Crippen molar-refractivity contribution in [2.45, 2.75) is 20.5 Å². The Morgan fingerprint density at radius 1 is 1.23 bits per heavy atom. The Labute approximate surface area is 78.2 Å². The van der Waals surface area contributed by atoms with Gasteiger partial charge in [0.2, 0.25) is 0 Å². The van der Waals surface area contributed by atoms with Gasteiger partial charge in [0, 0.05) is 11.2 Å². The summed E-state index contributed by atoms with van der Waals surface area (Å²) in [5.41, 5.74) is 1.95. The minimum Gasteiger partial charge on any atom is -0.390 e. The van der Waals surface area contributed by atoms with Crippen molar-refractivity contribution in [3.05, 3.63) is 36.0 Å². The molecular formula is C11H15NO. The number of aliphatic hydroxyl groups excluding tert-OH is 1. The molecule has 0 aliphatic heterocycles. The maximum atomic E-state index is 8.81. The van der Waals surface area contributed by atoms with Gasteiger partial charge in [0.15, 0.2) is 0 Å². The normalized spacial score (nSPS) is 9.46. The van der Waals surface area contributed by atoms with Gasteiger partial charge in [-0.15, -0.1) is 0 Å². The SMILES string of the molecule is CC.OCc1cc2ccccc2[nH]1. The molecule has 1 aromatic carbocycles. The van der Waals surface area contributed by atoms with Gasteiger partial charge in [0.05, 0.1) is 6.61 Å². The number of nitrogens with one attached hydrogen (secondary N) is 1. The van der Waals surface area contributed by atoms with Gasteiger partial charge in [-0.3, -0.25) is 0 Å². The second kappa shape index (κ2) is 4.67.